The lowest BCUT2D eigenvalue weighted by molar-refractivity contribution is -0.788. The van der Waals surface area contributed by atoms with E-state index in [1.54, 1.807) is 0 Å². The van der Waals surface area contributed by atoms with E-state index >= 15 is 0 Å². The SMILES string of the molecule is CC(=O)[O-].CCCCCC[NH+]1C=CC(C)=C1. The van der Waals surface area contributed by atoms with Gasteiger partial charge in [-0.25, -0.2) is 0 Å². The number of rotatable bonds is 5. The Morgan fingerprint density at radius 3 is 2.44 bits per heavy atom. The van der Waals surface area contributed by atoms with E-state index in [1.807, 2.05) is 0 Å². The third-order valence-electron chi connectivity index (χ3n) is 2.29. The third kappa shape index (κ3) is 9.46. The summed E-state index contributed by atoms with van der Waals surface area (Å²) < 4.78 is 0. The zero-order valence-corrected chi connectivity index (χ0v) is 10.6. The van der Waals surface area contributed by atoms with E-state index in [0.717, 1.165) is 6.92 Å². The Kier molecular flexibility index (Phi) is 8.53. The van der Waals surface area contributed by atoms with Gasteiger partial charge in [0.2, 0.25) is 0 Å². The number of hydrogen-bond acceptors (Lipinski definition) is 2. The van der Waals surface area contributed by atoms with Gasteiger partial charge < -0.3 is 9.90 Å². The summed E-state index contributed by atoms with van der Waals surface area (Å²) in [6.45, 7) is 6.66. The maximum Gasteiger partial charge on any atom is 0.102 e. The smallest absolute Gasteiger partial charge is 0.102 e. The summed E-state index contributed by atoms with van der Waals surface area (Å²) in [7, 11) is 0. The first-order valence-corrected chi connectivity index (χ1v) is 5.96. The lowest BCUT2D eigenvalue weighted by Crippen LogP contribution is -3.01. The molecule has 0 aliphatic carbocycles. The van der Waals surface area contributed by atoms with Crippen molar-refractivity contribution in [2.24, 2.45) is 0 Å². The molecule has 0 aromatic rings. The summed E-state index contributed by atoms with van der Waals surface area (Å²) >= 11 is 0. The molecule has 0 fully saturated rings. The number of carbonyl (C=O) groups is 1. The molecular formula is C13H23NO2. The van der Waals surface area contributed by atoms with Crippen molar-refractivity contribution in [3.05, 3.63) is 24.0 Å². The second kappa shape index (κ2) is 9.16. The second-order valence-corrected chi connectivity index (χ2v) is 4.10. The van der Waals surface area contributed by atoms with Crippen LogP contribution in [0.2, 0.25) is 0 Å². The minimum atomic E-state index is -1.08. The Morgan fingerprint density at radius 1 is 1.38 bits per heavy atom. The van der Waals surface area contributed by atoms with Gasteiger partial charge in [0, 0.05) is 11.5 Å². The molecule has 1 N–H and O–H groups in total. The van der Waals surface area contributed by atoms with E-state index < -0.39 is 5.97 Å². The topological polar surface area (TPSA) is 44.6 Å². The Labute approximate surface area is 98.5 Å². The van der Waals surface area contributed by atoms with Crippen LogP contribution in [0.4, 0.5) is 0 Å². The van der Waals surface area contributed by atoms with Gasteiger partial charge in [-0.15, -0.1) is 0 Å². The fourth-order valence-electron chi connectivity index (χ4n) is 1.54. The molecule has 1 rings (SSSR count). The van der Waals surface area contributed by atoms with Crippen LogP contribution in [0.1, 0.15) is 46.5 Å². The van der Waals surface area contributed by atoms with Crippen molar-refractivity contribution in [2.75, 3.05) is 6.54 Å². The number of hydrogen-bond donors (Lipinski definition) is 1. The standard InChI is InChI=1S/C11H19N.C2H4O2/c1-3-4-5-6-8-12-9-7-11(2)10-12;1-2(3)4/h7,9-10H,3-6,8H2,1-2H3;1H3,(H,3,4). The maximum absolute atomic E-state index is 8.89. The summed E-state index contributed by atoms with van der Waals surface area (Å²) in [5.41, 5.74) is 1.40. The lowest BCUT2D eigenvalue weighted by Gasteiger charge is -2.05. The van der Waals surface area contributed by atoms with Crippen LogP contribution in [-0.4, -0.2) is 12.5 Å². The van der Waals surface area contributed by atoms with Gasteiger partial charge in [-0.1, -0.05) is 19.8 Å². The average Bonchev–Trinajstić information content (AvgIpc) is 2.58. The van der Waals surface area contributed by atoms with Crippen molar-refractivity contribution in [3.8, 4) is 0 Å². The van der Waals surface area contributed by atoms with Crippen LogP contribution in [0.15, 0.2) is 24.0 Å². The van der Waals surface area contributed by atoms with Crippen LogP contribution in [0, 0.1) is 0 Å². The molecule has 1 atom stereocenters. The molecule has 92 valence electrons. The van der Waals surface area contributed by atoms with E-state index in [9.17, 15) is 0 Å². The van der Waals surface area contributed by atoms with E-state index in [4.69, 9.17) is 9.90 Å². The lowest BCUT2D eigenvalue weighted by atomic mass is 10.2. The first-order chi connectivity index (χ1) is 7.56. The molecule has 0 bridgehead atoms. The zero-order valence-electron chi connectivity index (χ0n) is 10.6. The highest BCUT2D eigenvalue weighted by Crippen LogP contribution is 1.98. The fraction of sp³-hybridized carbons (Fsp3) is 0.615. The van der Waals surface area contributed by atoms with E-state index in [1.165, 1.54) is 42.7 Å². The monoisotopic (exact) mass is 225 g/mol. The van der Waals surface area contributed by atoms with Gasteiger partial charge in [-0.3, -0.25) is 4.90 Å². The summed E-state index contributed by atoms with van der Waals surface area (Å²) in [6.07, 6.45) is 12.2. The van der Waals surface area contributed by atoms with E-state index in [-0.39, 0.29) is 0 Å². The van der Waals surface area contributed by atoms with Crippen molar-refractivity contribution in [3.63, 3.8) is 0 Å². The van der Waals surface area contributed by atoms with Gasteiger partial charge in [0.05, 0.1) is 12.7 Å². The molecule has 1 unspecified atom stereocenters. The zero-order chi connectivity index (χ0) is 12.4. The molecule has 0 spiro atoms. The third-order valence-corrected chi connectivity index (χ3v) is 2.29. The van der Waals surface area contributed by atoms with Crippen molar-refractivity contribution in [2.45, 2.75) is 46.5 Å². The molecule has 0 amide bonds. The van der Waals surface area contributed by atoms with Crippen molar-refractivity contribution in [1.82, 2.24) is 0 Å². The van der Waals surface area contributed by atoms with Crippen molar-refractivity contribution < 1.29 is 14.8 Å². The summed E-state index contributed by atoms with van der Waals surface area (Å²) in [5, 5.41) is 8.89. The molecule has 1 aliphatic rings. The molecule has 0 saturated heterocycles. The van der Waals surface area contributed by atoms with Gasteiger partial charge in [-0.05, 0) is 32.8 Å². The Balaban J connectivity index is 0.000000487. The second-order valence-electron chi connectivity index (χ2n) is 4.10. The number of quaternary nitrogens is 1. The predicted molar refractivity (Wildman–Crippen MR) is 63.5 cm³/mol. The number of carboxylic acids is 1. The molecule has 0 saturated carbocycles. The highest BCUT2D eigenvalue weighted by atomic mass is 16.4. The molecule has 16 heavy (non-hydrogen) atoms. The number of carbonyl (C=O) groups excluding carboxylic acids is 1. The molecular weight excluding hydrogens is 202 g/mol. The van der Waals surface area contributed by atoms with Gasteiger partial charge in [0.15, 0.2) is 0 Å². The summed E-state index contributed by atoms with van der Waals surface area (Å²) in [4.78, 5) is 10.4. The average molecular weight is 225 g/mol. The highest BCUT2D eigenvalue weighted by molar-refractivity contribution is 5.60. The Hall–Kier alpha value is -1.09. The number of nitrogens with one attached hydrogen (secondary N) is 1. The van der Waals surface area contributed by atoms with E-state index in [2.05, 4.69) is 32.3 Å². The van der Waals surface area contributed by atoms with Gasteiger partial charge in [0.25, 0.3) is 0 Å². The van der Waals surface area contributed by atoms with E-state index in [0.29, 0.717) is 0 Å². The molecule has 0 aromatic carbocycles. The number of carboxylic acid groups (broad SMARTS) is 1. The Morgan fingerprint density at radius 2 is 2.00 bits per heavy atom. The van der Waals surface area contributed by atoms with Gasteiger partial charge >= 0.3 is 0 Å². The van der Waals surface area contributed by atoms with Crippen LogP contribution < -0.4 is 10.0 Å². The van der Waals surface area contributed by atoms with Gasteiger partial charge in [0.1, 0.15) is 6.20 Å². The molecule has 1 heterocycles. The fourth-order valence-corrected chi connectivity index (χ4v) is 1.54. The molecule has 0 aromatic heterocycles. The highest BCUT2D eigenvalue weighted by Gasteiger charge is 2.06. The quantitative estimate of drug-likeness (QED) is 0.698. The molecule has 3 nitrogen and oxygen atoms in total. The molecule has 3 heteroatoms. The summed E-state index contributed by atoms with van der Waals surface area (Å²) in [5.74, 6) is -1.08. The van der Waals surface area contributed by atoms with Crippen LogP contribution in [-0.2, 0) is 4.79 Å². The van der Waals surface area contributed by atoms with Crippen molar-refractivity contribution in [1.29, 1.82) is 0 Å². The predicted octanol–water partition coefficient (Wildman–Crippen LogP) is 0.639. The largest absolute Gasteiger partial charge is 0.550 e. The number of aliphatic carboxylic acids is 1. The molecule has 1 aliphatic heterocycles. The van der Waals surface area contributed by atoms with Gasteiger partial charge in [-0.2, -0.15) is 0 Å². The van der Waals surface area contributed by atoms with Crippen LogP contribution in [0.5, 0.6) is 0 Å². The molecule has 0 radical (unpaired) electrons. The minimum Gasteiger partial charge on any atom is -0.550 e. The Bertz CT molecular complexity index is 253. The van der Waals surface area contributed by atoms with Crippen molar-refractivity contribution >= 4 is 5.97 Å². The number of allylic oxidation sites excluding steroid dienone is 2. The minimum absolute atomic E-state index is 0.972. The number of unbranched alkanes of at least 4 members (excludes halogenated alkanes) is 3. The van der Waals surface area contributed by atoms with Crippen LogP contribution in [0.3, 0.4) is 0 Å². The maximum atomic E-state index is 8.89. The normalized spacial score (nSPS) is 17.7. The van der Waals surface area contributed by atoms with Crippen LogP contribution >= 0.6 is 0 Å². The first kappa shape index (κ1) is 14.9. The first-order valence-electron chi connectivity index (χ1n) is 5.96. The summed E-state index contributed by atoms with van der Waals surface area (Å²) in [6, 6.07) is 0. The van der Waals surface area contributed by atoms with Crippen LogP contribution in [0.25, 0.3) is 0 Å².